The number of sulfonamides is 1. The number of hydrogen-bond acceptors (Lipinski definition) is 3. The molecule has 0 fully saturated rings. The van der Waals surface area contributed by atoms with Gasteiger partial charge in [-0.25, -0.2) is 8.42 Å². The highest BCUT2D eigenvalue weighted by molar-refractivity contribution is 9.10. The average Bonchev–Trinajstić information content (AvgIpc) is 2.37. The van der Waals surface area contributed by atoms with Crippen molar-refractivity contribution in [2.75, 3.05) is 23.7 Å². The standard InChI is InChI=1S/C13H17BrN2O3S/c1-3-9-15-13(17)8-10-16(20(2,18)19)12-6-4-11(14)5-7-12/h3-7H,1,8-10H2,2H3,(H,15,17). The van der Waals surface area contributed by atoms with Crippen LogP contribution in [0.3, 0.4) is 0 Å². The largest absolute Gasteiger partial charge is 0.353 e. The highest BCUT2D eigenvalue weighted by atomic mass is 79.9. The van der Waals surface area contributed by atoms with Gasteiger partial charge in [0, 0.05) is 24.0 Å². The van der Waals surface area contributed by atoms with E-state index >= 15 is 0 Å². The van der Waals surface area contributed by atoms with E-state index in [1.807, 2.05) is 0 Å². The fourth-order valence-corrected chi connectivity index (χ4v) is 2.76. The van der Waals surface area contributed by atoms with Gasteiger partial charge in [0.2, 0.25) is 15.9 Å². The Balaban J connectivity index is 2.79. The molecule has 110 valence electrons. The molecule has 0 heterocycles. The molecule has 0 spiro atoms. The quantitative estimate of drug-likeness (QED) is 0.755. The van der Waals surface area contributed by atoms with Crippen LogP contribution in [0.25, 0.3) is 0 Å². The van der Waals surface area contributed by atoms with Crippen molar-refractivity contribution in [2.45, 2.75) is 6.42 Å². The lowest BCUT2D eigenvalue weighted by atomic mass is 10.3. The zero-order valence-corrected chi connectivity index (χ0v) is 13.6. The fraction of sp³-hybridized carbons (Fsp3) is 0.308. The molecule has 0 radical (unpaired) electrons. The second kappa shape index (κ2) is 7.44. The van der Waals surface area contributed by atoms with E-state index in [-0.39, 0.29) is 18.9 Å². The van der Waals surface area contributed by atoms with Crippen LogP contribution in [0, 0.1) is 0 Å². The molecule has 0 aromatic heterocycles. The third-order valence-electron chi connectivity index (χ3n) is 2.50. The van der Waals surface area contributed by atoms with Gasteiger partial charge in [0.15, 0.2) is 0 Å². The van der Waals surface area contributed by atoms with Crippen LogP contribution in [0.4, 0.5) is 5.69 Å². The fourth-order valence-electron chi connectivity index (χ4n) is 1.57. The van der Waals surface area contributed by atoms with Crippen molar-refractivity contribution >= 4 is 37.5 Å². The Hall–Kier alpha value is -1.34. The molecule has 0 bridgehead atoms. The van der Waals surface area contributed by atoms with Crippen LogP contribution in [-0.4, -0.2) is 33.7 Å². The van der Waals surface area contributed by atoms with E-state index in [0.29, 0.717) is 12.2 Å². The number of carbonyl (C=O) groups is 1. The Labute approximate surface area is 127 Å². The number of rotatable bonds is 7. The number of carbonyl (C=O) groups excluding carboxylic acids is 1. The van der Waals surface area contributed by atoms with Gasteiger partial charge < -0.3 is 5.32 Å². The van der Waals surface area contributed by atoms with E-state index in [1.165, 1.54) is 4.31 Å². The van der Waals surface area contributed by atoms with Crippen molar-refractivity contribution in [2.24, 2.45) is 0 Å². The van der Waals surface area contributed by atoms with Gasteiger partial charge in [-0.2, -0.15) is 0 Å². The summed E-state index contributed by atoms with van der Waals surface area (Å²) in [5.41, 5.74) is 0.534. The summed E-state index contributed by atoms with van der Waals surface area (Å²) in [6, 6.07) is 6.89. The minimum Gasteiger partial charge on any atom is -0.353 e. The summed E-state index contributed by atoms with van der Waals surface area (Å²) >= 11 is 3.29. The molecular weight excluding hydrogens is 344 g/mol. The lowest BCUT2D eigenvalue weighted by molar-refractivity contribution is -0.120. The first-order chi connectivity index (χ1) is 9.34. The molecule has 1 N–H and O–H groups in total. The Morgan fingerprint density at radius 2 is 2.00 bits per heavy atom. The van der Waals surface area contributed by atoms with Crippen molar-refractivity contribution in [3.05, 3.63) is 41.4 Å². The number of anilines is 1. The molecule has 0 aliphatic heterocycles. The first-order valence-corrected chi connectivity index (χ1v) is 8.59. The van der Waals surface area contributed by atoms with E-state index < -0.39 is 10.0 Å². The zero-order valence-electron chi connectivity index (χ0n) is 11.2. The van der Waals surface area contributed by atoms with E-state index in [2.05, 4.69) is 27.8 Å². The Bertz CT molecular complexity index is 570. The predicted molar refractivity (Wildman–Crippen MR) is 84.2 cm³/mol. The second-order valence-electron chi connectivity index (χ2n) is 4.15. The number of hydrogen-bond donors (Lipinski definition) is 1. The molecule has 0 saturated heterocycles. The number of amides is 1. The second-order valence-corrected chi connectivity index (χ2v) is 6.98. The van der Waals surface area contributed by atoms with Crippen LogP contribution in [0.1, 0.15) is 6.42 Å². The summed E-state index contributed by atoms with van der Waals surface area (Å²) in [5, 5.41) is 2.61. The summed E-state index contributed by atoms with van der Waals surface area (Å²) in [6.45, 7) is 3.97. The molecule has 1 rings (SSSR count). The maximum Gasteiger partial charge on any atom is 0.232 e. The number of nitrogens with one attached hydrogen (secondary N) is 1. The molecule has 1 aromatic carbocycles. The van der Waals surface area contributed by atoms with E-state index in [0.717, 1.165) is 10.7 Å². The highest BCUT2D eigenvalue weighted by Gasteiger charge is 2.18. The van der Waals surface area contributed by atoms with Crippen LogP contribution in [0.15, 0.2) is 41.4 Å². The average molecular weight is 361 g/mol. The molecule has 0 aliphatic carbocycles. The number of nitrogens with zero attached hydrogens (tertiary/aromatic N) is 1. The molecule has 1 aromatic rings. The van der Waals surface area contributed by atoms with Crippen LogP contribution in [-0.2, 0) is 14.8 Å². The van der Waals surface area contributed by atoms with Gasteiger partial charge in [-0.3, -0.25) is 9.10 Å². The summed E-state index contributed by atoms with van der Waals surface area (Å²) in [7, 11) is -3.43. The molecule has 0 unspecified atom stereocenters. The summed E-state index contributed by atoms with van der Waals surface area (Å²) in [5.74, 6) is -0.212. The van der Waals surface area contributed by atoms with Gasteiger partial charge in [0.1, 0.15) is 0 Å². The summed E-state index contributed by atoms with van der Waals surface area (Å²) in [6.07, 6.45) is 2.79. The minimum atomic E-state index is -3.43. The van der Waals surface area contributed by atoms with Crippen molar-refractivity contribution in [3.63, 3.8) is 0 Å². The summed E-state index contributed by atoms with van der Waals surface area (Å²) < 4.78 is 25.7. The van der Waals surface area contributed by atoms with E-state index in [9.17, 15) is 13.2 Å². The van der Waals surface area contributed by atoms with Crippen molar-refractivity contribution < 1.29 is 13.2 Å². The van der Waals surface area contributed by atoms with Crippen molar-refractivity contribution in [3.8, 4) is 0 Å². The maximum atomic E-state index is 11.8. The number of halogens is 1. The molecule has 20 heavy (non-hydrogen) atoms. The lowest BCUT2D eigenvalue weighted by Crippen LogP contribution is -2.34. The zero-order chi connectivity index (χ0) is 15.2. The monoisotopic (exact) mass is 360 g/mol. The minimum absolute atomic E-state index is 0.0942. The van der Waals surface area contributed by atoms with Crippen LogP contribution in [0.5, 0.6) is 0 Å². The van der Waals surface area contributed by atoms with E-state index in [1.54, 1.807) is 30.3 Å². The Kier molecular flexibility index (Phi) is 6.22. The Morgan fingerprint density at radius 1 is 1.40 bits per heavy atom. The van der Waals surface area contributed by atoms with Crippen LogP contribution >= 0.6 is 15.9 Å². The smallest absolute Gasteiger partial charge is 0.232 e. The molecule has 0 atom stereocenters. The first kappa shape index (κ1) is 16.7. The molecule has 0 saturated carbocycles. The molecule has 0 aliphatic rings. The van der Waals surface area contributed by atoms with Crippen molar-refractivity contribution in [1.29, 1.82) is 0 Å². The highest BCUT2D eigenvalue weighted by Crippen LogP contribution is 2.20. The molecule has 7 heteroatoms. The predicted octanol–water partition coefficient (Wildman–Crippen LogP) is 1.91. The normalized spacial score (nSPS) is 10.9. The Morgan fingerprint density at radius 3 is 2.50 bits per heavy atom. The first-order valence-electron chi connectivity index (χ1n) is 5.95. The molecular formula is C13H17BrN2O3S. The van der Waals surface area contributed by atoms with Gasteiger partial charge in [0.05, 0.1) is 11.9 Å². The van der Waals surface area contributed by atoms with Gasteiger partial charge >= 0.3 is 0 Å². The third kappa shape index (κ3) is 5.34. The van der Waals surface area contributed by atoms with Gasteiger partial charge in [-0.05, 0) is 24.3 Å². The topological polar surface area (TPSA) is 66.5 Å². The summed E-state index contributed by atoms with van der Waals surface area (Å²) in [4.78, 5) is 11.5. The van der Waals surface area contributed by atoms with Crippen LogP contribution in [0.2, 0.25) is 0 Å². The SMILES string of the molecule is C=CCNC(=O)CCN(c1ccc(Br)cc1)S(C)(=O)=O. The van der Waals surface area contributed by atoms with E-state index in [4.69, 9.17) is 0 Å². The van der Waals surface area contributed by atoms with Gasteiger partial charge in [-0.1, -0.05) is 22.0 Å². The van der Waals surface area contributed by atoms with Gasteiger partial charge in [-0.15, -0.1) is 6.58 Å². The van der Waals surface area contributed by atoms with Gasteiger partial charge in [0.25, 0.3) is 0 Å². The lowest BCUT2D eigenvalue weighted by Gasteiger charge is -2.22. The third-order valence-corrected chi connectivity index (χ3v) is 4.22. The van der Waals surface area contributed by atoms with Crippen LogP contribution < -0.4 is 9.62 Å². The number of benzene rings is 1. The molecule has 5 nitrogen and oxygen atoms in total. The molecule has 1 amide bonds. The van der Waals surface area contributed by atoms with Crippen molar-refractivity contribution in [1.82, 2.24) is 5.32 Å². The maximum absolute atomic E-state index is 11.8.